The van der Waals surface area contributed by atoms with E-state index >= 15 is 0 Å². The van der Waals surface area contributed by atoms with Crippen molar-refractivity contribution in [2.75, 3.05) is 18.4 Å². The molecule has 0 fully saturated rings. The number of ether oxygens (including phenoxy) is 1. The number of alkyl carbamates (subject to hydrolysis) is 1. The number of nitrogens with one attached hydrogen (secondary N) is 3. The Hall–Kier alpha value is -4.50. The van der Waals surface area contributed by atoms with Crippen LogP contribution < -0.4 is 16.0 Å². The van der Waals surface area contributed by atoms with Crippen molar-refractivity contribution in [3.63, 3.8) is 0 Å². The highest BCUT2D eigenvalue weighted by Gasteiger charge is 2.18. The van der Waals surface area contributed by atoms with Gasteiger partial charge in [-0.25, -0.2) is 9.59 Å². The summed E-state index contributed by atoms with van der Waals surface area (Å²) in [7, 11) is 0. The van der Waals surface area contributed by atoms with Gasteiger partial charge in [0.2, 0.25) is 0 Å². The van der Waals surface area contributed by atoms with E-state index in [1.165, 1.54) is 6.07 Å². The number of rotatable bonds is 9. The number of aromatic nitrogens is 1. The summed E-state index contributed by atoms with van der Waals surface area (Å²) >= 11 is 5.99. The van der Waals surface area contributed by atoms with Gasteiger partial charge in [-0.1, -0.05) is 41.9 Å². The molecule has 3 aromatic carbocycles. The number of anilines is 2. The number of hydrogen-bond donors (Lipinski definition) is 4. The molecule has 9 nitrogen and oxygen atoms in total. The predicted molar refractivity (Wildman–Crippen MR) is 156 cm³/mol. The van der Waals surface area contributed by atoms with E-state index in [9.17, 15) is 19.5 Å². The van der Waals surface area contributed by atoms with Crippen LogP contribution in [0.15, 0.2) is 72.8 Å². The highest BCUT2D eigenvalue weighted by molar-refractivity contribution is 6.31. The highest BCUT2D eigenvalue weighted by Crippen LogP contribution is 2.29. The van der Waals surface area contributed by atoms with Gasteiger partial charge >= 0.3 is 12.1 Å². The molecule has 4 rings (SSSR count). The zero-order chi connectivity index (χ0) is 28.9. The number of amides is 2. The zero-order valence-electron chi connectivity index (χ0n) is 22.5. The molecule has 0 aliphatic heterocycles. The summed E-state index contributed by atoms with van der Waals surface area (Å²) < 4.78 is 7.15. The van der Waals surface area contributed by atoms with Crippen LogP contribution in [0.2, 0.25) is 5.02 Å². The van der Waals surface area contributed by atoms with Crippen molar-refractivity contribution < 1.29 is 24.2 Å². The molecule has 2 amide bonds. The Morgan fingerprint density at radius 3 is 2.35 bits per heavy atom. The predicted octanol–water partition coefficient (Wildman–Crippen LogP) is 6.04. The van der Waals surface area contributed by atoms with Crippen molar-refractivity contribution in [1.82, 2.24) is 15.2 Å². The Morgan fingerprint density at radius 2 is 1.65 bits per heavy atom. The molecule has 1 aromatic heterocycles. The van der Waals surface area contributed by atoms with Crippen molar-refractivity contribution in [3.05, 3.63) is 94.6 Å². The summed E-state index contributed by atoms with van der Waals surface area (Å²) in [5.74, 6) is -1.39. The van der Waals surface area contributed by atoms with Crippen molar-refractivity contribution in [1.29, 1.82) is 0 Å². The maximum atomic E-state index is 13.3. The van der Waals surface area contributed by atoms with Crippen molar-refractivity contribution in [2.45, 2.75) is 32.9 Å². The number of halogens is 1. The molecule has 0 bridgehead atoms. The maximum Gasteiger partial charge on any atom is 0.407 e. The molecule has 0 unspecified atom stereocenters. The first-order valence-electron chi connectivity index (χ1n) is 12.7. The number of carbonyl (C=O) groups is 3. The molecule has 1 heterocycles. The minimum atomic E-state index is -1.10. The van der Waals surface area contributed by atoms with E-state index in [-0.39, 0.29) is 24.6 Å². The summed E-state index contributed by atoms with van der Waals surface area (Å²) in [6, 6.07) is 21.8. The van der Waals surface area contributed by atoms with Gasteiger partial charge in [-0.3, -0.25) is 4.79 Å². The normalized spacial score (nSPS) is 11.2. The van der Waals surface area contributed by atoms with Gasteiger partial charge in [0.25, 0.3) is 5.91 Å². The van der Waals surface area contributed by atoms with Crippen LogP contribution in [0.4, 0.5) is 16.2 Å². The molecular weight excluding hydrogens is 532 g/mol. The first kappa shape index (κ1) is 28.5. The second-order valence-corrected chi connectivity index (χ2v) is 10.6. The molecule has 10 heteroatoms. The van der Waals surface area contributed by atoms with E-state index in [1.54, 1.807) is 39.0 Å². The minimum absolute atomic E-state index is 0.0503. The van der Waals surface area contributed by atoms with E-state index in [0.29, 0.717) is 28.6 Å². The van der Waals surface area contributed by atoms with E-state index in [4.69, 9.17) is 16.3 Å². The average Bonchev–Trinajstić information content (AvgIpc) is 3.24. The molecule has 4 aromatic rings. The Balaban J connectivity index is 1.57. The fourth-order valence-electron chi connectivity index (χ4n) is 4.18. The number of fused-ring (bicyclic) bond motifs is 1. The first-order chi connectivity index (χ1) is 19.0. The van der Waals surface area contributed by atoms with E-state index in [2.05, 4.69) is 16.0 Å². The van der Waals surface area contributed by atoms with Crippen molar-refractivity contribution in [3.8, 4) is 0 Å². The Kier molecular flexibility index (Phi) is 8.64. The van der Waals surface area contributed by atoms with Crippen LogP contribution in [0.3, 0.4) is 0 Å². The van der Waals surface area contributed by atoms with Gasteiger partial charge in [0.05, 0.1) is 11.3 Å². The van der Waals surface area contributed by atoms with Crippen LogP contribution in [0, 0.1) is 0 Å². The van der Waals surface area contributed by atoms with Crippen molar-refractivity contribution >= 4 is 51.8 Å². The van der Waals surface area contributed by atoms with Crippen LogP contribution in [0.25, 0.3) is 10.9 Å². The van der Waals surface area contributed by atoms with Gasteiger partial charge in [-0.05, 0) is 68.8 Å². The Bertz CT molecular complexity index is 1540. The van der Waals surface area contributed by atoms with Crippen LogP contribution >= 0.6 is 11.6 Å². The number of hydrogen-bond acceptors (Lipinski definition) is 5. The Labute approximate surface area is 237 Å². The van der Waals surface area contributed by atoms with Gasteiger partial charge in [0, 0.05) is 41.2 Å². The van der Waals surface area contributed by atoms with Crippen LogP contribution in [0.1, 0.15) is 47.2 Å². The number of nitrogens with zero attached hydrogens (tertiary/aromatic N) is 1. The Morgan fingerprint density at radius 1 is 0.925 bits per heavy atom. The van der Waals surface area contributed by atoms with E-state index in [1.807, 2.05) is 53.1 Å². The van der Waals surface area contributed by atoms with Gasteiger partial charge in [0.1, 0.15) is 11.3 Å². The fraction of sp³-hybridized carbons (Fsp3) is 0.233. The lowest BCUT2D eigenvalue weighted by Crippen LogP contribution is -2.38. The molecule has 208 valence electrons. The average molecular weight is 563 g/mol. The topological polar surface area (TPSA) is 122 Å². The highest BCUT2D eigenvalue weighted by atomic mass is 35.5. The first-order valence-corrected chi connectivity index (χ1v) is 13.1. The van der Waals surface area contributed by atoms with Gasteiger partial charge in [-0.2, -0.15) is 0 Å². The van der Waals surface area contributed by atoms with Gasteiger partial charge in [-0.15, -0.1) is 0 Å². The largest absolute Gasteiger partial charge is 0.478 e. The van der Waals surface area contributed by atoms with Gasteiger partial charge < -0.3 is 30.4 Å². The SMILES string of the molecule is CC(C)(C)OC(=O)NCCNC(=O)c1cc2cc(Nc3ccc(Cl)cc3C(=O)O)ccc2n1Cc1ccccc1. The van der Waals surface area contributed by atoms with Crippen LogP contribution in [0.5, 0.6) is 0 Å². The monoisotopic (exact) mass is 562 g/mol. The van der Waals surface area contributed by atoms with Crippen molar-refractivity contribution in [2.24, 2.45) is 0 Å². The van der Waals surface area contributed by atoms with E-state index in [0.717, 1.165) is 16.5 Å². The molecule has 0 saturated heterocycles. The second-order valence-electron chi connectivity index (χ2n) is 10.2. The molecule has 4 N–H and O–H groups in total. The molecule has 0 aliphatic rings. The minimum Gasteiger partial charge on any atom is -0.478 e. The summed E-state index contributed by atoms with van der Waals surface area (Å²) in [6.45, 7) is 6.23. The zero-order valence-corrected chi connectivity index (χ0v) is 23.2. The maximum absolute atomic E-state index is 13.3. The molecular formula is C30H31ClN4O5. The third-order valence-electron chi connectivity index (χ3n) is 5.89. The standard InChI is InChI=1S/C30H31ClN4O5/c1-30(2,3)40-29(39)33-14-13-32-27(36)26-16-20-15-22(34-24-11-9-21(31)17-23(24)28(37)38)10-12-25(20)35(26)18-19-7-5-4-6-8-19/h4-12,15-17,34H,13-14,18H2,1-3H3,(H,32,36)(H,33,39)(H,37,38). The fourth-order valence-corrected chi connectivity index (χ4v) is 4.35. The summed E-state index contributed by atoms with van der Waals surface area (Å²) in [5, 5.41) is 19.3. The molecule has 0 saturated carbocycles. The summed E-state index contributed by atoms with van der Waals surface area (Å²) in [6.07, 6.45) is -0.549. The third kappa shape index (κ3) is 7.33. The lowest BCUT2D eigenvalue weighted by atomic mass is 10.1. The lowest BCUT2D eigenvalue weighted by molar-refractivity contribution is 0.0526. The molecule has 0 aliphatic carbocycles. The molecule has 40 heavy (non-hydrogen) atoms. The van der Waals surface area contributed by atoms with E-state index < -0.39 is 17.7 Å². The number of carboxylic acid groups (broad SMARTS) is 1. The van der Waals surface area contributed by atoms with Crippen LogP contribution in [-0.2, 0) is 11.3 Å². The summed E-state index contributed by atoms with van der Waals surface area (Å²) in [5.41, 5.74) is 2.80. The third-order valence-corrected chi connectivity index (χ3v) is 6.12. The quantitative estimate of drug-likeness (QED) is 0.185. The lowest BCUT2D eigenvalue weighted by Gasteiger charge is -2.19. The van der Waals surface area contributed by atoms with Gasteiger partial charge in [0.15, 0.2) is 0 Å². The number of carbonyl (C=O) groups excluding carboxylic acids is 2. The number of benzene rings is 3. The molecule has 0 spiro atoms. The number of carboxylic acids is 1. The number of aromatic carboxylic acids is 1. The molecule has 0 radical (unpaired) electrons. The molecule has 0 atom stereocenters. The smallest absolute Gasteiger partial charge is 0.407 e. The van der Waals surface area contributed by atoms with Crippen LogP contribution in [-0.4, -0.2) is 46.3 Å². The second kappa shape index (κ2) is 12.1. The summed E-state index contributed by atoms with van der Waals surface area (Å²) in [4.78, 5) is 36.9.